The van der Waals surface area contributed by atoms with Gasteiger partial charge in [0.1, 0.15) is 5.82 Å². The predicted molar refractivity (Wildman–Crippen MR) is 41.6 cm³/mol. The number of aromatic amines is 1. The molecule has 1 aromatic heterocycles. The summed E-state index contributed by atoms with van der Waals surface area (Å²) in [4.78, 5) is 28.0. The molecule has 0 aliphatic carbocycles. The molecular formula is C6H6N4O2. The van der Waals surface area contributed by atoms with Crippen molar-refractivity contribution in [2.75, 3.05) is 11.1 Å². The van der Waals surface area contributed by atoms with E-state index in [1.165, 1.54) is 0 Å². The van der Waals surface area contributed by atoms with Gasteiger partial charge in [-0.1, -0.05) is 0 Å². The third kappa shape index (κ3) is 0.849. The molecule has 0 fully saturated rings. The first-order valence-corrected chi connectivity index (χ1v) is 3.35. The number of rotatable bonds is 0. The third-order valence-electron chi connectivity index (χ3n) is 1.63. The summed E-state index contributed by atoms with van der Waals surface area (Å²) in [6.07, 6.45) is 0.0813. The van der Waals surface area contributed by atoms with E-state index >= 15 is 0 Å². The summed E-state index contributed by atoms with van der Waals surface area (Å²) >= 11 is 0. The Balaban J connectivity index is 2.67. The molecule has 4 N–H and O–H groups in total. The number of nitrogens with zero attached hydrogens (tertiary/aromatic N) is 1. The number of nitrogens with one attached hydrogen (secondary N) is 2. The average Bonchev–Trinajstić information content (AvgIpc) is 2.29. The monoisotopic (exact) mass is 166 g/mol. The molecule has 62 valence electrons. The van der Waals surface area contributed by atoms with Gasteiger partial charge >= 0.3 is 0 Å². The number of hydrogen-bond acceptors (Lipinski definition) is 4. The molecule has 0 radical (unpaired) electrons. The molecule has 0 atom stereocenters. The van der Waals surface area contributed by atoms with E-state index in [1.807, 2.05) is 0 Å². The van der Waals surface area contributed by atoms with Gasteiger partial charge in [-0.15, -0.1) is 0 Å². The molecule has 0 saturated carbocycles. The van der Waals surface area contributed by atoms with E-state index in [9.17, 15) is 9.59 Å². The first-order chi connectivity index (χ1) is 5.66. The van der Waals surface area contributed by atoms with E-state index in [2.05, 4.69) is 15.3 Å². The van der Waals surface area contributed by atoms with Gasteiger partial charge in [0.25, 0.3) is 5.56 Å². The number of anilines is 2. The fourth-order valence-corrected chi connectivity index (χ4v) is 1.12. The van der Waals surface area contributed by atoms with Crippen LogP contribution in [0, 0.1) is 0 Å². The summed E-state index contributed by atoms with van der Waals surface area (Å²) in [6, 6.07) is 0. The molecule has 12 heavy (non-hydrogen) atoms. The molecule has 0 unspecified atom stereocenters. The number of H-pyrrole nitrogens is 1. The van der Waals surface area contributed by atoms with Crippen molar-refractivity contribution in [3.8, 4) is 0 Å². The normalized spacial score (nSPS) is 14.2. The van der Waals surface area contributed by atoms with Gasteiger partial charge in [-0.05, 0) is 0 Å². The second-order valence-electron chi connectivity index (χ2n) is 2.50. The van der Waals surface area contributed by atoms with Gasteiger partial charge in [-0.25, -0.2) is 0 Å². The van der Waals surface area contributed by atoms with Crippen LogP contribution >= 0.6 is 0 Å². The van der Waals surface area contributed by atoms with Crippen molar-refractivity contribution in [2.45, 2.75) is 6.42 Å². The first kappa shape index (κ1) is 6.84. The summed E-state index contributed by atoms with van der Waals surface area (Å²) in [6.45, 7) is 0. The van der Waals surface area contributed by atoms with Crippen molar-refractivity contribution < 1.29 is 4.79 Å². The van der Waals surface area contributed by atoms with E-state index in [-0.39, 0.29) is 29.7 Å². The van der Waals surface area contributed by atoms with Gasteiger partial charge in [0.15, 0.2) is 0 Å². The highest BCUT2D eigenvalue weighted by molar-refractivity contribution is 5.97. The van der Waals surface area contributed by atoms with Crippen molar-refractivity contribution in [3.05, 3.63) is 15.9 Å². The van der Waals surface area contributed by atoms with Crippen LogP contribution in [0.4, 0.5) is 11.8 Å². The highest BCUT2D eigenvalue weighted by atomic mass is 16.2. The van der Waals surface area contributed by atoms with Crippen LogP contribution in [0.5, 0.6) is 0 Å². The molecule has 0 spiro atoms. The first-order valence-electron chi connectivity index (χ1n) is 3.35. The van der Waals surface area contributed by atoms with Gasteiger partial charge in [0, 0.05) is 0 Å². The Morgan fingerprint density at radius 3 is 2.92 bits per heavy atom. The Hall–Kier alpha value is -1.85. The van der Waals surface area contributed by atoms with Gasteiger partial charge in [0.05, 0.1) is 12.0 Å². The Morgan fingerprint density at radius 2 is 2.17 bits per heavy atom. The van der Waals surface area contributed by atoms with Crippen LogP contribution in [-0.2, 0) is 11.2 Å². The van der Waals surface area contributed by atoms with E-state index < -0.39 is 0 Å². The van der Waals surface area contributed by atoms with Crippen LogP contribution in [0.25, 0.3) is 0 Å². The van der Waals surface area contributed by atoms with Crippen molar-refractivity contribution in [3.63, 3.8) is 0 Å². The van der Waals surface area contributed by atoms with Crippen molar-refractivity contribution in [1.82, 2.24) is 9.97 Å². The maximum Gasteiger partial charge on any atom is 0.258 e. The second kappa shape index (κ2) is 2.07. The van der Waals surface area contributed by atoms with Crippen molar-refractivity contribution in [1.29, 1.82) is 0 Å². The molecular weight excluding hydrogens is 160 g/mol. The van der Waals surface area contributed by atoms with E-state index in [0.29, 0.717) is 5.56 Å². The standard InChI is InChI=1S/C6H6N4O2/c7-6-9-4-2(5(12)10-6)1-3(11)8-4/h1H2,(H4,7,8,9,10,11,12). The van der Waals surface area contributed by atoms with Gasteiger partial charge in [-0.3, -0.25) is 14.6 Å². The summed E-state index contributed by atoms with van der Waals surface area (Å²) < 4.78 is 0. The summed E-state index contributed by atoms with van der Waals surface area (Å²) in [5.41, 5.74) is 5.26. The zero-order chi connectivity index (χ0) is 8.72. The molecule has 0 aromatic carbocycles. The number of fused-ring (bicyclic) bond motifs is 1. The van der Waals surface area contributed by atoms with Crippen LogP contribution < -0.4 is 16.6 Å². The zero-order valence-electron chi connectivity index (χ0n) is 6.05. The molecule has 1 aliphatic rings. The highest BCUT2D eigenvalue weighted by Gasteiger charge is 2.22. The molecule has 1 amide bonds. The Morgan fingerprint density at radius 1 is 1.42 bits per heavy atom. The van der Waals surface area contributed by atoms with Crippen LogP contribution in [0.15, 0.2) is 4.79 Å². The highest BCUT2D eigenvalue weighted by Crippen LogP contribution is 2.15. The van der Waals surface area contributed by atoms with Crippen LogP contribution in [0.2, 0.25) is 0 Å². The van der Waals surface area contributed by atoms with Gasteiger partial charge in [0.2, 0.25) is 11.9 Å². The molecule has 6 nitrogen and oxygen atoms in total. The smallest absolute Gasteiger partial charge is 0.258 e. The Bertz CT molecular complexity index is 408. The molecule has 2 rings (SSSR count). The third-order valence-corrected chi connectivity index (χ3v) is 1.63. The lowest BCUT2D eigenvalue weighted by Gasteiger charge is -1.96. The minimum absolute atomic E-state index is 0.0148. The zero-order valence-corrected chi connectivity index (χ0v) is 6.05. The SMILES string of the molecule is Nc1nc2c(c(=O)[nH]1)CC(=O)N2. The number of aromatic nitrogens is 2. The quantitative estimate of drug-likeness (QED) is 0.452. The molecule has 0 bridgehead atoms. The number of nitrogens with two attached hydrogens (primary N) is 1. The predicted octanol–water partition coefficient (Wildman–Crippen LogP) is -1.15. The molecule has 0 saturated heterocycles. The average molecular weight is 166 g/mol. The number of hydrogen-bond donors (Lipinski definition) is 3. The Labute approximate surface area is 66.8 Å². The van der Waals surface area contributed by atoms with Gasteiger partial charge in [-0.2, -0.15) is 4.98 Å². The fraction of sp³-hybridized carbons (Fsp3) is 0.167. The summed E-state index contributed by atoms with van der Waals surface area (Å²) in [7, 11) is 0. The summed E-state index contributed by atoms with van der Waals surface area (Å²) in [5.74, 6) is 0.0656. The minimum atomic E-state index is -0.351. The largest absolute Gasteiger partial charge is 0.369 e. The van der Waals surface area contributed by atoms with Crippen molar-refractivity contribution >= 4 is 17.7 Å². The molecule has 1 aliphatic heterocycles. The maximum absolute atomic E-state index is 11.1. The summed E-state index contributed by atoms with van der Waals surface area (Å²) in [5, 5.41) is 2.43. The fourth-order valence-electron chi connectivity index (χ4n) is 1.12. The Kier molecular flexibility index (Phi) is 1.18. The van der Waals surface area contributed by atoms with Crippen LogP contribution in [-0.4, -0.2) is 15.9 Å². The number of carbonyl (C=O) groups excluding carboxylic acids is 1. The number of nitrogen functional groups attached to an aromatic ring is 1. The van der Waals surface area contributed by atoms with Crippen molar-refractivity contribution in [2.24, 2.45) is 0 Å². The number of carbonyl (C=O) groups is 1. The number of amides is 1. The minimum Gasteiger partial charge on any atom is -0.369 e. The topological polar surface area (TPSA) is 101 Å². The lowest BCUT2D eigenvalue weighted by Crippen LogP contribution is -2.14. The van der Waals surface area contributed by atoms with E-state index in [4.69, 9.17) is 5.73 Å². The molecule has 2 heterocycles. The molecule has 6 heteroatoms. The van der Waals surface area contributed by atoms with E-state index in [1.54, 1.807) is 0 Å². The van der Waals surface area contributed by atoms with Crippen LogP contribution in [0.1, 0.15) is 5.56 Å². The lowest BCUT2D eigenvalue weighted by molar-refractivity contribution is -0.115. The van der Waals surface area contributed by atoms with Crippen LogP contribution in [0.3, 0.4) is 0 Å². The molecule has 1 aromatic rings. The maximum atomic E-state index is 11.1. The lowest BCUT2D eigenvalue weighted by atomic mass is 10.3. The van der Waals surface area contributed by atoms with E-state index in [0.717, 1.165) is 0 Å². The second-order valence-corrected chi connectivity index (χ2v) is 2.50. The van der Waals surface area contributed by atoms with Gasteiger partial charge < -0.3 is 11.1 Å².